The highest BCUT2D eigenvalue weighted by molar-refractivity contribution is 5.94. The Labute approximate surface area is 110 Å². The summed E-state index contributed by atoms with van der Waals surface area (Å²) >= 11 is 0. The summed E-state index contributed by atoms with van der Waals surface area (Å²) in [5.74, 6) is -0.202. The van der Waals surface area contributed by atoms with Crippen molar-refractivity contribution in [3.63, 3.8) is 0 Å². The number of carbonyl (C=O) groups is 1. The maximum absolute atomic E-state index is 11.9. The number of nitrogens with one attached hydrogen (secondary N) is 1. The Hall–Kier alpha value is -2.74. The SMILES string of the molecule is N#CCc1cc(C(=O)NCc2ccccn2)ccn1. The number of hydrogen-bond acceptors (Lipinski definition) is 4. The van der Waals surface area contributed by atoms with Gasteiger partial charge >= 0.3 is 0 Å². The maximum atomic E-state index is 11.9. The van der Waals surface area contributed by atoms with Crippen molar-refractivity contribution in [3.05, 3.63) is 59.7 Å². The first-order valence-electron chi connectivity index (χ1n) is 5.79. The molecule has 2 rings (SSSR count). The molecule has 1 N–H and O–H groups in total. The highest BCUT2D eigenvalue weighted by Crippen LogP contribution is 2.03. The van der Waals surface area contributed by atoms with Gasteiger partial charge in [-0.25, -0.2) is 0 Å². The van der Waals surface area contributed by atoms with E-state index >= 15 is 0 Å². The van der Waals surface area contributed by atoms with E-state index in [9.17, 15) is 4.79 Å². The summed E-state index contributed by atoms with van der Waals surface area (Å²) in [6, 6.07) is 10.8. The minimum Gasteiger partial charge on any atom is -0.346 e. The summed E-state index contributed by atoms with van der Waals surface area (Å²) in [4.78, 5) is 20.1. The van der Waals surface area contributed by atoms with E-state index < -0.39 is 0 Å². The van der Waals surface area contributed by atoms with Gasteiger partial charge in [-0.05, 0) is 24.3 Å². The molecule has 5 nitrogen and oxygen atoms in total. The van der Waals surface area contributed by atoms with Crippen molar-refractivity contribution in [2.45, 2.75) is 13.0 Å². The van der Waals surface area contributed by atoms with Crippen LogP contribution in [0.15, 0.2) is 42.7 Å². The van der Waals surface area contributed by atoms with Crippen LogP contribution in [-0.2, 0) is 13.0 Å². The van der Waals surface area contributed by atoms with Crippen molar-refractivity contribution < 1.29 is 4.79 Å². The molecule has 2 heterocycles. The van der Waals surface area contributed by atoms with E-state index in [4.69, 9.17) is 5.26 Å². The van der Waals surface area contributed by atoms with E-state index in [0.29, 0.717) is 17.8 Å². The molecule has 0 fully saturated rings. The third kappa shape index (κ3) is 3.61. The fourth-order valence-corrected chi connectivity index (χ4v) is 1.57. The first-order valence-corrected chi connectivity index (χ1v) is 5.79. The lowest BCUT2D eigenvalue weighted by Gasteiger charge is -2.05. The third-order valence-corrected chi connectivity index (χ3v) is 2.50. The number of rotatable bonds is 4. The molecular formula is C14H12N4O. The maximum Gasteiger partial charge on any atom is 0.251 e. The molecule has 0 aromatic carbocycles. The van der Waals surface area contributed by atoms with E-state index in [2.05, 4.69) is 15.3 Å². The van der Waals surface area contributed by atoms with Gasteiger partial charge in [-0.2, -0.15) is 5.26 Å². The number of nitrogens with zero attached hydrogens (tertiary/aromatic N) is 3. The highest BCUT2D eigenvalue weighted by Gasteiger charge is 2.06. The van der Waals surface area contributed by atoms with Crippen molar-refractivity contribution in [1.82, 2.24) is 15.3 Å². The molecule has 0 aliphatic rings. The van der Waals surface area contributed by atoms with Gasteiger partial charge in [0.1, 0.15) is 0 Å². The number of amides is 1. The topological polar surface area (TPSA) is 78.7 Å². The van der Waals surface area contributed by atoms with Gasteiger partial charge in [0.05, 0.1) is 30.4 Å². The molecule has 5 heteroatoms. The van der Waals surface area contributed by atoms with Gasteiger partial charge in [0.2, 0.25) is 0 Å². The second-order valence-corrected chi connectivity index (χ2v) is 3.87. The van der Waals surface area contributed by atoms with Crippen LogP contribution in [0.3, 0.4) is 0 Å². The molecule has 0 bridgehead atoms. The van der Waals surface area contributed by atoms with Gasteiger partial charge in [0, 0.05) is 18.0 Å². The first kappa shape index (κ1) is 12.7. The minimum atomic E-state index is -0.202. The van der Waals surface area contributed by atoms with Crippen LogP contribution in [0.4, 0.5) is 0 Å². The molecule has 0 aliphatic heterocycles. The summed E-state index contributed by atoms with van der Waals surface area (Å²) in [5.41, 5.74) is 1.88. The first-order chi connectivity index (χ1) is 9.29. The van der Waals surface area contributed by atoms with Gasteiger partial charge < -0.3 is 5.32 Å². The number of aromatic nitrogens is 2. The molecule has 0 spiro atoms. The van der Waals surface area contributed by atoms with Crippen molar-refractivity contribution in [2.75, 3.05) is 0 Å². The number of nitriles is 1. The summed E-state index contributed by atoms with van der Waals surface area (Å²) in [5, 5.41) is 11.4. The van der Waals surface area contributed by atoms with E-state index in [0.717, 1.165) is 5.69 Å². The third-order valence-electron chi connectivity index (χ3n) is 2.50. The van der Waals surface area contributed by atoms with Crippen LogP contribution in [0.2, 0.25) is 0 Å². The zero-order valence-corrected chi connectivity index (χ0v) is 10.2. The minimum absolute atomic E-state index is 0.196. The van der Waals surface area contributed by atoms with Gasteiger partial charge in [-0.1, -0.05) is 6.07 Å². The molecular weight excluding hydrogens is 240 g/mol. The summed E-state index contributed by atoms with van der Waals surface area (Å²) < 4.78 is 0. The molecule has 0 saturated heterocycles. The molecule has 2 aromatic rings. The Morgan fingerprint density at radius 1 is 1.21 bits per heavy atom. The second-order valence-electron chi connectivity index (χ2n) is 3.87. The van der Waals surface area contributed by atoms with E-state index in [1.165, 1.54) is 6.20 Å². The van der Waals surface area contributed by atoms with Gasteiger partial charge in [0.25, 0.3) is 5.91 Å². The molecule has 19 heavy (non-hydrogen) atoms. The van der Waals surface area contributed by atoms with Crippen molar-refractivity contribution in [1.29, 1.82) is 5.26 Å². The predicted molar refractivity (Wildman–Crippen MR) is 69.0 cm³/mol. The molecule has 2 aromatic heterocycles. The summed E-state index contributed by atoms with van der Waals surface area (Å²) in [6.07, 6.45) is 3.41. The lowest BCUT2D eigenvalue weighted by atomic mass is 10.2. The normalized spacial score (nSPS) is 9.63. The van der Waals surface area contributed by atoms with Crippen LogP contribution in [-0.4, -0.2) is 15.9 Å². The zero-order chi connectivity index (χ0) is 13.5. The number of pyridine rings is 2. The van der Waals surface area contributed by atoms with E-state index in [1.807, 2.05) is 24.3 Å². The number of hydrogen-bond donors (Lipinski definition) is 1. The van der Waals surface area contributed by atoms with Gasteiger partial charge in [-0.3, -0.25) is 14.8 Å². The Balaban J connectivity index is 2.00. The van der Waals surface area contributed by atoms with Crippen LogP contribution >= 0.6 is 0 Å². The van der Waals surface area contributed by atoms with Crippen LogP contribution in [0.1, 0.15) is 21.7 Å². The lowest BCUT2D eigenvalue weighted by Crippen LogP contribution is -2.23. The predicted octanol–water partition coefficient (Wildman–Crippen LogP) is 1.47. The molecule has 0 aliphatic carbocycles. The Kier molecular flexibility index (Phi) is 4.19. The average Bonchev–Trinajstić information content (AvgIpc) is 2.46. The van der Waals surface area contributed by atoms with Gasteiger partial charge in [-0.15, -0.1) is 0 Å². The van der Waals surface area contributed by atoms with Crippen molar-refractivity contribution in [2.24, 2.45) is 0 Å². The van der Waals surface area contributed by atoms with Crippen LogP contribution in [0, 0.1) is 11.3 Å². The Bertz CT molecular complexity index is 604. The summed E-state index contributed by atoms with van der Waals surface area (Å²) in [7, 11) is 0. The fraction of sp³-hybridized carbons (Fsp3) is 0.143. The zero-order valence-electron chi connectivity index (χ0n) is 10.2. The molecule has 94 valence electrons. The quantitative estimate of drug-likeness (QED) is 0.893. The summed E-state index contributed by atoms with van der Waals surface area (Å²) in [6.45, 7) is 0.371. The van der Waals surface area contributed by atoms with E-state index in [1.54, 1.807) is 18.3 Å². The van der Waals surface area contributed by atoms with E-state index in [-0.39, 0.29) is 12.3 Å². The Morgan fingerprint density at radius 2 is 2.05 bits per heavy atom. The van der Waals surface area contributed by atoms with Gasteiger partial charge in [0.15, 0.2) is 0 Å². The van der Waals surface area contributed by atoms with Crippen LogP contribution in [0.5, 0.6) is 0 Å². The molecule has 0 unspecified atom stereocenters. The monoisotopic (exact) mass is 252 g/mol. The molecule has 0 saturated carbocycles. The average molecular weight is 252 g/mol. The van der Waals surface area contributed by atoms with Crippen LogP contribution in [0.25, 0.3) is 0 Å². The molecule has 0 radical (unpaired) electrons. The number of carbonyl (C=O) groups excluding carboxylic acids is 1. The highest BCUT2D eigenvalue weighted by atomic mass is 16.1. The standard InChI is InChI=1S/C14H12N4O/c15-6-4-12-9-11(5-8-17-12)14(19)18-10-13-3-1-2-7-16-13/h1-3,5,7-9H,4,10H2,(H,18,19). The van der Waals surface area contributed by atoms with Crippen molar-refractivity contribution >= 4 is 5.91 Å². The molecule has 1 amide bonds. The Morgan fingerprint density at radius 3 is 2.79 bits per heavy atom. The van der Waals surface area contributed by atoms with Crippen molar-refractivity contribution in [3.8, 4) is 6.07 Å². The lowest BCUT2D eigenvalue weighted by molar-refractivity contribution is 0.0950. The largest absolute Gasteiger partial charge is 0.346 e. The smallest absolute Gasteiger partial charge is 0.251 e. The van der Waals surface area contributed by atoms with Crippen LogP contribution < -0.4 is 5.32 Å². The second kappa shape index (κ2) is 6.26. The fourth-order valence-electron chi connectivity index (χ4n) is 1.57. The molecule has 0 atom stereocenters.